The highest BCUT2D eigenvalue weighted by atomic mass is 16.5. The number of esters is 1. The quantitative estimate of drug-likeness (QED) is 0.484. The molecule has 0 atom stereocenters. The van der Waals surface area contributed by atoms with E-state index < -0.39 is 5.97 Å². The van der Waals surface area contributed by atoms with Gasteiger partial charge in [0.2, 0.25) is 5.91 Å². The van der Waals surface area contributed by atoms with E-state index in [1.54, 1.807) is 6.92 Å². The number of rotatable bonds is 5. The van der Waals surface area contributed by atoms with Crippen molar-refractivity contribution in [2.24, 2.45) is 10.2 Å². The van der Waals surface area contributed by atoms with Crippen LogP contribution >= 0.6 is 0 Å². The predicted molar refractivity (Wildman–Crippen MR) is 79.1 cm³/mol. The molecule has 1 heterocycles. The minimum absolute atomic E-state index is 0.00391. The molecule has 0 radical (unpaired) electrons. The van der Waals surface area contributed by atoms with Crippen LogP contribution in [-0.2, 0) is 14.3 Å². The van der Waals surface area contributed by atoms with Crippen molar-refractivity contribution < 1.29 is 14.3 Å². The van der Waals surface area contributed by atoms with Crippen LogP contribution in [0.4, 0.5) is 5.69 Å². The first-order valence-corrected chi connectivity index (χ1v) is 6.53. The van der Waals surface area contributed by atoms with Crippen LogP contribution in [-0.4, -0.2) is 29.9 Å². The van der Waals surface area contributed by atoms with Crippen molar-refractivity contribution in [3.05, 3.63) is 29.8 Å². The number of amides is 1. The van der Waals surface area contributed by atoms with Gasteiger partial charge in [-0.2, -0.15) is 10.2 Å². The molecule has 110 valence electrons. The fraction of sp³-hybridized carbons (Fsp3) is 0.286. The smallest absolute Gasteiger partial charge is 0.360 e. The Morgan fingerprint density at radius 2 is 2.14 bits per heavy atom. The molecule has 0 saturated heterocycles. The number of ether oxygens (including phenoxy) is 1. The predicted octanol–water partition coefficient (Wildman–Crippen LogP) is 1.20. The van der Waals surface area contributed by atoms with Gasteiger partial charge in [-0.25, -0.2) is 10.2 Å². The van der Waals surface area contributed by atoms with E-state index in [1.165, 1.54) is 0 Å². The average Bonchev–Trinajstić information content (AvgIpc) is 2.88. The Hall–Kier alpha value is -2.70. The van der Waals surface area contributed by atoms with Crippen molar-refractivity contribution in [3.63, 3.8) is 0 Å². The number of hydrogen-bond donors (Lipinski definition) is 2. The zero-order chi connectivity index (χ0) is 15.2. The van der Waals surface area contributed by atoms with Crippen molar-refractivity contribution in [2.45, 2.75) is 20.3 Å². The maximum atomic E-state index is 11.9. The second-order valence-corrected chi connectivity index (χ2v) is 4.43. The van der Waals surface area contributed by atoms with Gasteiger partial charge in [-0.15, -0.1) is 0 Å². The molecule has 21 heavy (non-hydrogen) atoms. The summed E-state index contributed by atoms with van der Waals surface area (Å²) in [7, 11) is 0. The van der Waals surface area contributed by atoms with Gasteiger partial charge in [0, 0.05) is 0 Å². The molecule has 0 unspecified atom stereocenters. The van der Waals surface area contributed by atoms with Crippen LogP contribution < -0.4 is 10.9 Å². The monoisotopic (exact) mass is 288 g/mol. The average molecular weight is 288 g/mol. The molecule has 0 saturated carbocycles. The largest absolute Gasteiger partial charge is 0.461 e. The van der Waals surface area contributed by atoms with E-state index >= 15 is 0 Å². The van der Waals surface area contributed by atoms with Crippen LogP contribution in [0, 0.1) is 6.92 Å². The molecule has 1 aromatic rings. The Labute approximate surface area is 122 Å². The summed E-state index contributed by atoms with van der Waals surface area (Å²) in [6, 6.07) is 7.50. The van der Waals surface area contributed by atoms with Crippen LogP contribution in [0.3, 0.4) is 0 Å². The third-order valence-electron chi connectivity index (χ3n) is 2.73. The Morgan fingerprint density at radius 3 is 2.71 bits per heavy atom. The summed E-state index contributed by atoms with van der Waals surface area (Å²) in [5.41, 5.74) is 7.15. The van der Waals surface area contributed by atoms with Crippen molar-refractivity contribution >= 4 is 29.0 Å². The zero-order valence-electron chi connectivity index (χ0n) is 11.8. The topological polar surface area (TPSA) is 92.2 Å². The summed E-state index contributed by atoms with van der Waals surface area (Å²) in [6.45, 7) is 3.89. The maximum Gasteiger partial charge on any atom is 0.360 e. The van der Waals surface area contributed by atoms with E-state index in [0.717, 1.165) is 11.3 Å². The maximum absolute atomic E-state index is 11.9. The fourth-order valence-corrected chi connectivity index (χ4v) is 1.67. The van der Waals surface area contributed by atoms with Crippen LogP contribution in [0.2, 0.25) is 0 Å². The van der Waals surface area contributed by atoms with Gasteiger partial charge in [0.25, 0.3) is 0 Å². The summed E-state index contributed by atoms with van der Waals surface area (Å²) in [5, 5.41) is 7.82. The number of carbonyl (C=O) groups is 2. The number of hydrogen-bond acceptors (Lipinski definition) is 6. The zero-order valence-corrected chi connectivity index (χ0v) is 11.8. The van der Waals surface area contributed by atoms with Gasteiger partial charge in [-0.3, -0.25) is 10.2 Å². The number of anilines is 1. The molecule has 1 aliphatic rings. The lowest BCUT2D eigenvalue weighted by Crippen LogP contribution is -2.27. The molecule has 2 rings (SSSR count). The summed E-state index contributed by atoms with van der Waals surface area (Å²) >= 11 is 0. The lowest BCUT2D eigenvalue weighted by atomic mass is 10.2. The second-order valence-electron chi connectivity index (χ2n) is 4.43. The molecule has 0 aromatic heterocycles. The summed E-state index contributed by atoms with van der Waals surface area (Å²) < 4.78 is 4.93. The summed E-state index contributed by atoms with van der Waals surface area (Å²) in [4.78, 5) is 23.1. The first kappa shape index (κ1) is 14.7. The third kappa shape index (κ3) is 3.88. The highest BCUT2D eigenvalue weighted by molar-refractivity contribution is 6.67. The lowest BCUT2D eigenvalue weighted by molar-refractivity contribution is -0.134. The lowest BCUT2D eigenvalue weighted by Gasteiger charge is -2.06. The minimum atomic E-state index is -0.618. The molecule has 0 spiro atoms. The van der Waals surface area contributed by atoms with Gasteiger partial charge in [0.05, 0.1) is 18.7 Å². The van der Waals surface area contributed by atoms with E-state index in [2.05, 4.69) is 21.1 Å². The normalized spacial score (nSPS) is 14.5. The SMILES string of the molecule is CCOC(=O)/C(=N/Nc1ccc(C)cc1)C1=NNC(=O)C1. The Kier molecular flexibility index (Phi) is 4.65. The van der Waals surface area contributed by atoms with Gasteiger partial charge < -0.3 is 4.74 Å². The molecular weight excluding hydrogens is 272 g/mol. The summed E-state index contributed by atoms with van der Waals surface area (Å²) in [6.07, 6.45) is 0.00717. The van der Waals surface area contributed by atoms with Crippen molar-refractivity contribution in [1.82, 2.24) is 5.43 Å². The summed E-state index contributed by atoms with van der Waals surface area (Å²) in [5.74, 6) is -0.898. The highest BCUT2D eigenvalue weighted by Gasteiger charge is 2.26. The number of benzene rings is 1. The Morgan fingerprint density at radius 1 is 1.43 bits per heavy atom. The molecule has 7 nitrogen and oxygen atoms in total. The third-order valence-corrected chi connectivity index (χ3v) is 2.73. The van der Waals surface area contributed by atoms with Crippen LogP contribution in [0.5, 0.6) is 0 Å². The molecular formula is C14H16N4O3. The number of hydrazone groups is 2. The standard InChI is InChI=1S/C14H16N4O3/c1-3-21-14(20)13(11-8-12(19)17-16-11)18-15-10-6-4-9(2)5-7-10/h4-7,15H,3,8H2,1-2H3,(H,17,19)/b18-13+. The van der Waals surface area contributed by atoms with Crippen molar-refractivity contribution in [2.75, 3.05) is 12.0 Å². The van der Waals surface area contributed by atoms with E-state index in [4.69, 9.17) is 4.74 Å². The molecule has 0 aliphatic carbocycles. The van der Waals surface area contributed by atoms with Crippen LogP contribution in [0.15, 0.2) is 34.5 Å². The first-order chi connectivity index (χ1) is 10.1. The fourth-order valence-electron chi connectivity index (χ4n) is 1.67. The molecule has 0 fully saturated rings. The van der Waals surface area contributed by atoms with E-state index in [-0.39, 0.29) is 30.4 Å². The first-order valence-electron chi connectivity index (χ1n) is 6.53. The molecule has 7 heteroatoms. The van der Waals surface area contributed by atoms with E-state index in [1.807, 2.05) is 31.2 Å². The van der Waals surface area contributed by atoms with E-state index in [0.29, 0.717) is 0 Å². The molecule has 1 amide bonds. The molecule has 0 bridgehead atoms. The van der Waals surface area contributed by atoms with Crippen molar-refractivity contribution in [3.8, 4) is 0 Å². The van der Waals surface area contributed by atoms with Crippen LogP contribution in [0.25, 0.3) is 0 Å². The number of carbonyl (C=O) groups excluding carboxylic acids is 2. The van der Waals surface area contributed by atoms with Crippen molar-refractivity contribution in [1.29, 1.82) is 0 Å². The van der Waals surface area contributed by atoms with Gasteiger partial charge >= 0.3 is 5.97 Å². The van der Waals surface area contributed by atoms with Crippen LogP contribution in [0.1, 0.15) is 18.9 Å². The number of aryl methyl sites for hydroxylation is 1. The molecule has 1 aromatic carbocycles. The van der Waals surface area contributed by atoms with E-state index in [9.17, 15) is 9.59 Å². The highest BCUT2D eigenvalue weighted by Crippen LogP contribution is 2.09. The second kappa shape index (κ2) is 6.65. The Bertz CT molecular complexity index is 605. The number of nitrogens with zero attached hydrogens (tertiary/aromatic N) is 2. The van der Waals surface area contributed by atoms with Gasteiger partial charge in [0.1, 0.15) is 5.71 Å². The Balaban J connectivity index is 2.18. The number of nitrogens with one attached hydrogen (secondary N) is 2. The minimum Gasteiger partial charge on any atom is -0.461 e. The van der Waals surface area contributed by atoms with Gasteiger partial charge in [0.15, 0.2) is 5.71 Å². The van der Waals surface area contributed by atoms with Gasteiger partial charge in [-0.1, -0.05) is 17.7 Å². The molecule has 2 N–H and O–H groups in total. The van der Waals surface area contributed by atoms with Gasteiger partial charge in [-0.05, 0) is 26.0 Å². The molecule has 1 aliphatic heterocycles.